The van der Waals surface area contributed by atoms with E-state index >= 15 is 0 Å². The van der Waals surface area contributed by atoms with Crippen LogP contribution in [-0.4, -0.2) is 61.3 Å². The summed E-state index contributed by atoms with van der Waals surface area (Å²) in [5.41, 5.74) is 0.529. The number of nitrogens with zero attached hydrogens (tertiary/aromatic N) is 2. The van der Waals surface area contributed by atoms with Gasteiger partial charge in [0.2, 0.25) is 0 Å². The quantitative estimate of drug-likeness (QED) is 0.696. The fraction of sp³-hybridized carbons (Fsp3) is 1.00. The van der Waals surface area contributed by atoms with Crippen molar-refractivity contribution in [3.8, 4) is 0 Å². The molecule has 2 aliphatic rings. The average Bonchev–Trinajstić information content (AvgIpc) is 2.97. The summed E-state index contributed by atoms with van der Waals surface area (Å²) in [6.07, 6.45) is 2.78. The molecule has 1 aliphatic carbocycles. The third kappa shape index (κ3) is 2.35. The zero-order valence-corrected chi connectivity index (χ0v) is 10.3. The highest BCUT2D eigenvalue weighted by atomic mass is 16.5. The molecule has 88 valence electrons. The maximum absolute atomic E-state index is 5.18. The second-order valence-corrected chi connectivity index (χ2v) is 5.27. The normalized spacial score (nSPS) is 26.4. The van der Waals surface area contributed by atoms with Crippen LogP contribution in [0.25, 0.3) is 0 Å². The zero-order valence-electron chi connectivity index (χ0n) is 10.3. The van der Waals surface area contributed by atoms with Gasteiger partial charge in [0.1, 0.15) is 0 Å². The predicted octanol–water partition coefficient (Wildman–Crippen LogP) is 1.19. The second-order valence-electron chi connectivity index (χ2n) is 5.27. The Bertz CT molecular complexity index is 214. The molecule has 0 N–H and O–H groups in total. The molecule has 1 spiro atoms. The lowest BCUT2D eigenvalue weighted by Crippen LogP contribution is -2.57. The van der Waals surface area contributed by atoms with Gasteiger partial charge >= 0.3 is 0 Å². The number of piperazine rings is 1. The van der Waals surface area contributed by atoms with E-state index in [9.17, 15) is 0 Å². The van der Waals surface area contributed by atoms with Crippen LogP contribution in [0.5, 0.6) is 0 Å². The lowest BCUT2D eigenvalue weighted by atomic mass is 10.1. The Kier molecular flexibility index (Phi) is 3.33. The molecule has 15 heavy (non-hydrogen) atoms. The van der Waals surface area contributed by atoms with E-state index in [4.69, 9.17) is 4.74 Å². The Morgan fingerprint density at radius 2 is 2.00 bits per heavy atom. The van der Waals surface area contributed by atoms with Gasteiger partial charge in [0.05, 0.1) is 6.61 Å². The zero-order chi connectivity index (χ0) is 10.9. The first-order valence-electron chi connectivity index (χ1n) is 6.16. The van der Waals surface area contributed by atoms with Crippen LogP contribution in [0.15, 0.2) is 0 Å². The minimum atomic E-state index is 0.529. The van der Waals surface area contributed by atoms with Crippen molar-refractivity contribution in [3.05, 3.63) is 0 Å². The minimum Gasteiger partial charge on any atom is -0.383 e. The van der Waals surface area contributed by atoms with E-state index in [2.05, 4.69) is 23.6 Å². The van der Waals surface area contributed by atoms with Gasteiger partial charge in [-0.3, -0.25) is 9.80 Å². The van der Waals surface area contributed by atoms with Gasteiger partial charge in [-0.1, -0.05) is 0 Å². The SMILES string of the molecule is COCCN1CCN(C(C)C)CC12CC2. The summed E-state index contributed by atoms with van der Waals surface area (Å²) in [6, 6.07) is 0.701. The summed E-state index contributed by atoms with van der Waals surface area (Å²) in [4.78, 5) is 5.27. The van der Waals surface area contributed by atoms with Crippen LogP contribution < -0.4 is 0 Å². The highest BCUT2D eigenvalue weighted by Crippen LogP contribution is 2.44. The Morgan fingerprint density at radius 3 is 2.53 bits per heavy atom. The second kappa shape index (κ2) is 4.40. The molecular formula is C12H24N2O. The van der Waals surface area contributed by atoms with Crippen LogP contribution in [0.1, 0.15) is 26.7 Å². The maximum Gasteiger partial charge on any atom is 0.0589 e. The standard InChI is InChI=1S/C12H24N2O/c1-11(2)13-6-7-14(8-9-15-3)12(10-13)4-5-12/h11H,4-10H2,1-3H3. The Labute approximate surface area is 93.4 Å². The molecule has 1 heterocycles. The summed E-state index contributed by atoms with van der Waals surface area (Å²) in [5.74, 6) is 0. The first-order valence-corrected chi connectivity index (χ1v) is 6.16. The largest absolute Gasteiger partial charge is 0.383 e. The first-order chi connectivity index (χ1) is 7.18. The smallest absolute Gasteiger partial charge is 0.0589 e. The van der Waals surface area contributed by atoms with Gasteiger partial charge in [-0.2, -0.15) is 0 Å². The van der Waals surface area contributed by atoms with Crippen molar-refractivity contribution in [3.63, 3.8) is 0 Å². The summed E-state index contributed by atoms with van der Waals surface area (Å²) in [7, 11) is 1.80. The monoisotopic (exact) mass is 212 g/mol. The third-order valence-electron chi connectivity index (χ3n) is 3.95. The van der Waals surface area contributed by atoms with Crippen molar-refractivity contribution in [1.29, 1.82) is 0 Å². The van der Waals surface area contributed by atoms with Crippen molar-refractivity contribution in [1.82, 2.24) is 9.80 Å². The maximum atomic E-state index is 5.18. The molecule has 0 atom stereocenters. The van der Waals surface area contributed by atoms with E-state index in [0.717, 1.165) is 13.2 Å². The summed E-state index contributed by atoms with van der Waals surface area (Å²) in [5, 5.41) is 0. The van der Waals surface area contributed by atoms with Crippen LogP contribution in [0.4, 0.5) is 0 Å². The van der Waals surface area contributed by atoms with Crippen molar-refractivity contribution in [2.24, 2.45) is 0 Å². The van der Waals surface area contributed by atoms with Crippen LogP contribution >= 0.6 is 0 Å². The molecule has 0 aromatic heterocycles. The van der Waals surface area contributed by atoms with Gasteiger partial charge in [0, 0.05) is 44.9 Å². The van der Waals surface area contributed by atoms with Crippen LogP contribution in [0.3, 0.4) is 0 Å². The summed E-state index contributed by atoms with van der Waals surface area (Å²) in [6.45, 7) is 10.3. The summed E-state index contributed by atoms with van der Waals surface area (Å²) >= 11 is 0. The molecule has 0 bridgehead atoms. The predicted molar refractivity (Wildman–Crippen MR) is 62.1 cm³/mol. The minimum absolute atomic E-state index is 0.529. The van der Waals surface area contributed by atoms with Crippen molar-refractivity contribution < 1.29 is 4.74 Å². The molecule has 0 aromatic carbocycles. The number of ether oxygens (including phenoxy) is 1. The van der Waals surface area contributed by atoms with E-state index in [1.54, 1.807) is 7.11 Å². The van der Waals surface area contributed by atoms with E-state index in [1.807, 2.05) is 0 Å². The van der Waals surface area contributed by atoms with Gasteiger partial charge in [0.15, 0.2) is 0 Å². The fourth-order valence-electron chi connectivity index (χ4n) is 2.65. The molecule has 0 unspecified atom stereocenters. The van der Waals surface area contributed by atoms with Crippen LogP contribution in [0.2, 0.25) is 0 Å². The van der Waals surface area contributed by atoms with E-state index < -0.39 is 0 Å². The number of hydrogen-bond donors (Lipinski definition) is 0. The summed E-state index contributed by atoms with van der Waals surface area (Å²) < 4.78 is 5.18. The molecule has 1 saturated carbocycles. The Balaban J connectivity index is 1.89. The van der Waals surface area contributed by atoms with E-state index in [1.165, 1.54) is 32.5 Å². The van der Waals surface area contributed by atoms with Crippen LogP contribution in [0, 0.1) is 0 Å². The average molecular weight is 212 g/mol. The van der Waals surface area contributed by atoms with Gasteiger partial charge in [0.25, 0.3) is 0 Å². The van der Waals surface area contributed by atoms with Gasteiger partial charge in [-0.25, -0.2) is 0 Å². The fourth-order valence-corrected chi connectivity index (χ4v) is 2.65. The number of hydrogen-bond acceptors (Lipinski definition) is 3. The molecule has 3 nitrogen and oxygen atoms in total. The molecule has 2 fully saturated rings. The molecule has 1 saturated heterocycles. The molecular weight excluding hydrogens is 188 g/mol. The van der Waals surface area contributed by atoms with Gasteiger partial charge in [-0.15, -0.1) is 0 Å². The van der Waals surface area contributed by atoms with Crippen molar-refractivity contribution in [2.45, 2.75) is 38.3 Å². The molecule has 3 heteroatoms. The first kappa shape index (κ1) is 11.4. The topological polar surface area (TPSA) is 15.7 Å². The van der Waals surface area contributed by atoms with E-state index in [-0.39, 0.29) is 0 Å². The lowest BCUT2D eigenvalue weighted by molar-refractivity contribution is 0.0258. The number of methoxy groups -OCH3 is 1. The van der Waals surface area contributed by atoms with Crippen LogP contribution in [-0.2, 0) is 4.74 Å². The van der Waals surface area contributed by atoms with Crippen molar-refractivity contribution >= 4 is 0 Å². The molecule has 1 aliphatic heterocycles. The van der Waals surface area contributed by atoms with Crippen molar-refractivity contribution in [2.75, 3.05) is 39.9 Å². The highest BCUT2D eigenvalue weighted by Gasteiger charge is 2.50. The van der Waals surface area contributed by atoms with E-state index in [0.29, 0.717) is 11.6 Å². The number of rotatable bonds is 4. The molecule has 0 amide bonds. The molecule has 0 aromatic rings. The third-order valence-corrected chi connectivity index (χ3v) is 3.95. The Morgan fingerprint density at radius 1 is 1.27 bits per heavy atom. The van der Waals surface area contributed by atoms with Gasteiger partial charge < -0.3 is 4.74 Å². The highest BCUT2D eigenvalue weighted by molar-refractivity contribution is 5.08. The molecule has 0 radical (unpaired) electrons. The Hall–Kier alpha value is -0.120. The molecule has 2 rings (SSSR count). The lowest BCUT2D eigenvalue weighted by Gasteiger charge is -2.43. The van der Waals surface area contributed by atoms with Gasteiger partial charge in [-0.05, 0) is 26.7 Å².